The lowest BCUT2D eigenvalue weighted by Gasteiger charge is -2.09. The van der Waals surface area contributed by atoms with Crippen LogP contribution in [0.1, 0.15) is 22.8 Å². The Labute approximate surface area is 150 Å². The molecule has 0 unspecified atom stereocenters. The van der Waals surface area contributed by atoms with Gasteiger partial charge in [-0.3, -0.25) is 9.59 Å². The molecule has 0 saturated carbocycles. The minimum Gasteiger partial charge on any atom is -0.502 e. The maximum absolute atomic E-state index is 12.1. The van der Waals surface area contributed by atoms with Crippen LogP contribution >= 0.6 is 0 Å². The van der Waals surface area contributed by atoms with Gasteiger partial charge in [0, 0.05) is 23.7 Å². The number of hydrogen-bond acceptors (Lipinski definition) is 6. The van der Waals surface area contributed by atoms with Crippen molar-refractivity contribution in [2.75, 3.05) is 19.5 Å². The van der Waals surface area contributed by atoms with Crippen LogP contribution < -0.4 is 20.2 Å². The molecule has 0 aliphatic rings. The van der Waals surface area contributed by atoms with E-state index in [1.807, 2.05) is 0 Å². The predicted octanol–water partition coefficient (Wildman–Crippen LogP) is 2.13. The third kappa shape index (κ3) is 4.73. The van der Waals surface area contributed by atoms with Crippen molar-refractivity contribution in [3.05, 3.63) is 47.5 Å². The van der Waals surface area contributed by atoms with Crippen molar-refractivity contribution >= 4 is 23.7 Å². The number of nitrogens with zero attached hydrogens (tertiary/aromatic N) is 1. The lowest BCUT2D eigenvalue weighted by Crippen LogP contribution is -2.18. The second-order valence-corrected chi connectivity index (χ2v) is 5.24. The molecule has 3 N–H and O–H groups in total. The number of carbonyl (C=O) groups is 2. The Hall–Kier alpha value is -3.55. The van der Waals surface area contributed by atoms with E-state index in [2.05, 4.69) is 15.8 Å². The number of hydrazone groups is 1. The van der Waals surface area contributed by atoms with Gasteiger partial charge in [-0.2, -0.15) is 5.10 Å². The standard InChI is InChI=1S/C18H19N3O5/c1-11(22)20-14-6-4-5-13(9-14)18(24)21-19-10-12-7-15(25-2)17(23)16(8-12)26-3/h4-10,23H,1-3H3,(H,20,22)(H,21,24)/b19-10-. The van der Waals surface area contributed by atoms with E-state index in [9.17, 15) is 14.7 Å². The van der Waals surface area contributed by atoms with Crippen LogP contribution in [0.5, 0.6) is 17.2 Å². The highest BCUT2D eigenvalue weighted by Crippen LogP contribution is 2.36. The van der Waals surface area contributed by atoms with E-state index < -0.39 is 5.91 Å². The molecule has 0 radical (unpaired) electrons. The third-order valence-corrected chi connectivity index (χ3v) is 3.33. The topological polar surface area (TPSA) is 109 Å². The molecule has 8 heteroatoms. The monoisotopic (exact) mass is 357 g/mol. The van der Waals surface area contributed by atoms with E-state index in [1.165, 1.54) is 27.4 Å². The Morgan fingerprint density at radius 3 is 2.35 bits per heavy atom. The zero-order chi connectivity index (χ0) is 19.1. The molecule has 0 spiro atoms. The van der Waals surface area contributed by atoms with E-state index in [0.717, 1.165) is 0 Å². The Bertz CT molecular complexity index is 823. The molecule has 0 aromatic heterocycles. The molecule has 2 aromatic rings. The third-order valence-electron chi connectivity index (χ3n) is 3.33. The van der Waals surface area contributed by atoms with Crippen LogP contribution in [0.25, 0.3) is 0 Å². The molecule has 0 aliphatic carbocycles. The number of nitrogens with one attached hydrogen (secondary N) is 2. The predicted molar refractivity (Wildman–Crippen MR) is 97.0 cm³/mol. The van der Waals surface area contributed by atoms with Crippen LogP contribution in [0.3, 0.4) is 0 Å². The van der Waals surface area contributed by atoms with Crippen LogP contribution in [0.4, 0.5) is 5.69 Å². The number of phenols is 1. The van der Waals surface area contributed by atoms with Gasteiger partial charge in [-0.05, 0) is 30.3 Å². The van der Waals surface area contributed by atoms with Crippen molar-refractivity contribution in [3.8, 4) is 17.2 Å². The second kappa shape index (κ2) is 8.52. The minimum absolute atomic E-state index is 0.119. The summed E-state index contributed by atoms with van der Waals surface area (Å²) in [4.78, 5) is 23.2. The van der Waals surface area contributed by atoms with Gasteiger partial charge in [0.1, 0.15) is 0 Å². The maximum Gasteiger partial charge on any atom is 0.271 e. The molecule has 2 aromatic carbocycles. The molecule has 0 bridgehead atoms. The number of ether oxygens (including phenoxy) is 2. The summed E-state index contributed by atoms with van der Waals surface area (Å²) in [6, 6.07) is 9.56. The summed E-state index contributed by atoms with van der Waals surface area (Å²) in [6.45, 7) is 1.39. The van der Waals surface area contributed by atoms with Crippen LogP contribution in [-0.4, -0.2) is 37.4 Å². The van der Waals surface area contributed by atoms with Crippen molar-refractivity contribution in [1.82, 2.24) is 5.43 Å². The van der Waals surface area contributed by atoms with Crippen molar-refractivity contribution < 1.29 is 24.2 Å². The van der Waals surface area contributed by atoms with Crippen LogP contribution in [0, 0.1) is 0 Å². The molecular weight excluding hydrogens is 338 g/mol. The zero-order valence-electron chi connectivity index (χ0n) is 14.6. The SMILES string of the molecule is COc1cc(/C=N\NC(=O)c2cccc(NC(C)=O)c2)cc(OC)c1O. The first-order valence-corrected chi connectivity index (χ1v) is 7.60. The molecule has 0 atom stereocenters. The minimum atomic E-state index is -0.439. The fourth-order valence-corrected chi connectivity index (χ4v) is 2.16. The fraction of sp³-hybridized carbons (Fsp3) is 0.167. The molecule has 0 saturated heterocycles. The Morgan fingerprint density at radius 1 is 1.12 bits per heavy atom. The fourth-order valence-electron chi connectivity index (χ4n) is 2.16. The molecular formula is C18H19N3O5. The number of amides is 2. The maximum atomic E-state index is 12.1. The lowest BCUT2D eigenvalue weighted by atomic mass is 10.2. The number of carbonyl (C=O) groups excluding carboxylic acids is 2. The highest BCUT2D eigenvalue weighted by atomic mass is 16.5. The van der Waals surface area contributed by atoms with Gasteiger partial charge in [-0.25, -0.2) is 5.43 Å². The number of rotatable bonds is 6. The molecule has 0 aliphatic heterocycles. The summed E-state index contributed by atoms with van der Waals surface area (Å²) >= 11 is 0. The molecule has 2 rings (SSSR count). The molecule has 2 amide bonds. The number of hydrogen-bond donors (Lipinski definition) is 3. The number of anilines is 1. The van der Waals surface area contributed by atoms with Gasteiger partial charge < -0.3 is 19.9 Å². The first-order chi connectivity index (χ1) is 12.4. The largest absolute Gasteiger partial charge is 0.502 e. The number of methoxy groups -OCH3 is 2. The van der Waals surface area contributed by atoms with Gasteiger partial charge in [-0.1, -0.05) is 6.07 Å². The van der Waals surface area contributed by atoms with Gasteiger partial charge in [0.15, 0.2) is 11.5 Å². The summed E-state index contributed by atoms with van der Waals surface area (Å²) in [5.74, 6) is -0.340. The molecule has 0 heterocycles. The van der Waals surface area contributed by atoms with Crippen molar-refractivity contribution in [2.45, 2.75) is 6.92 Å². The van der Waals surface area contributed by atoms with Gasteiger partial charge in [0.05, 0.1) is 20.4 Å². The number of phenolic OH excluding ortho intramolecular Hbond substituents is 1. The van der Waals surface area contributed by atoms with E-state index in [-0.39, 0.29) is 23.2 Å². The number of aromatic hydroxyl groups is 1. The van der Waals surface area contributed by atoms with Crippen molar-refractivity contribution in [2.24, 2.45) is 5.10 Å². The van der Waals surface area contributed by atoms with Crippen molar-refractivity contribution in [1.29, 1.82) is 0 Å². The molecule has 8 nitrogen and oxygen atoms in total. The van der Waals surface area contributed by atoms with Gasteiger partial charge >= 0.3 is 0 Å². The second-order valence-electron chi connectivity index (χ2n) is 5.24. The summed E-state index contributed by atoms with van der Waals surface area (Å²) in [7, 11) is 2.83. The summed E-state index contributed by atoms with van der Waals surface area (Å²) in [5, 5.41) is 16.4. The zero-order valence-corrected chi connectivity index (χ0v) is 14.6. The highest BCUT2D eigenvalue weighted by molar-refractivity contribution is 5.97. The number of benzene rings is 2. The van der Waals surface area contributed by atoms with Crippen molar-refractivity contribution in [3.63, 3.8) is 0 Å². The van der Waals surface area contributed by atoms with E-state index in [1.54, 1.807) is 36.4 Å². The van der Waals surface area contributed by atoms with E-state index >= 15 is 0 Å². The molecule has 26 heavy (non-hydrogen) atoms. The van der Waals surface area contributed by atoms with Gasteiger partial charge in [0.2, 0.25) is 11.7 Å². The summed E-state index contributed by atoms with van der Waals surface area (Å²) in [5.41, 5.74) is 3.81. The van der Waals surface area contributed by atoms with E-state index in [4.69, 9.17) is 9.47 Å². The summed E-state index contributed by atoms with van der Waals surface area (Å²) in [6.07, 6.45) is 1.39. The Morgan fingerprint density at radius 2 is 1.77 bits per heavy atom. The van der Waals surface area contributed by atoms with Gasteiger partial charge in [-0.15, -0.1) is 0 Å². The van der Waals surface area contributed by atoms with Gasteiger partial charge in [0.25, 0.3) is 5.91 Å². The quantitative estimate of drug-likeness (QED) is 0.542. The summed E-state index contributed by atoms with van der Waals surface area (Å²) < 4.78 is 10.1. The Kier molecular flexibility index (Phi) is 6.15. The van der Waals surface area contributed by atoms with E-state index in [0.29, 0.717) is 16.8 Å². The first kappa shape index (κ1) is 18.8. The molecule has 0 fully saturated rings. The average Bonchev–Trinajstić information content (AvgIpc) is 2.62. The average molecular weight is 357 g/mol. The van der Waals surface area contributed by atoms with Crippen LogP contribution in [-0.2, 0) is 4.79 Å². The highest BCUT2D eigenvalue weighted by Gasteiger charge is 2.10. The normalized spacial score (nSPS) is 10.4. The van der Waals surface area contributed by atoms with Crippen LogP contribution in [0.2, 0.25) is 0 Å². The molecule has 136 valence electrons. The smallest absolute Gasteiger partial charge is 0.271 e. The Balaban J connectivity index is 2.11. The first-order valence-electron chi connectivity index (χ1n) is 7.60. The van der Waals surface area contributed by atoms with Crippen LogP contribution in [0.15, 0.2) is 41.5 Å². The lowest BCUT2D eigenvalue weighted by molar-refractivity contribution is -0.114.